The first-order valence-electron chi connectivity index (χ1n) is 8.15. The first-order chi connectivity index (χ1) is 12.3. The Morgan fingerprint density at radius 3 is 2.50 bits per heavy atom. The largest absolute Gasteiger partial charge is 0.495 e. The monoisotopic (exact) mass is 384 g/mol. The van der Waals surface area contributed by atoms with Crippen molar-refractivity contribution >= 4 is 35.0 Å². The number of nitrogens with one attached hydrogen (secondary N) is 3. The van der Waals surface area contributed by atoms with Gasteiger partial charge in [-0.25, -0.2) is 0 Å². The van der Waals surface area contributed by atoms with E-state index in [1.165, 1.54) is 12.0 Å². The van der Waals surface area contributed by atoms with Crippen LogP contribution in [-0.4, -0.2) is 62.5 Å². The molecule has 26 heavy (non-hydrogen) atoms. The zero-order chi connectivity index (χ0) is 19.7. The van der Waals surface area contributed by atoms with Crippen molar-refractivity contribution in [2.75, 3.05) is 39.1 Å². The van der Waals surface area contributed by atoms with E-state index in [1.807, 2.05) is 0 Å². The minimum absolute atomic E-state index is 0.0153. The lowest BCUT2D eigenvalue weighted by Gasteiger charge is -2.18. The van der Waals surface area contributed by atoms with Crippen molar-refractivity contribution in [2.24, 2.45) is 0 Å². The molecule has 0 aliphatic heterocycles. The van der Waals surface area contributed by atoms with Crippen molar-refractivity contribution in [1.29, 1.82) is 0 Å². The molecule has 0 fully saturated rings. The number of anilines is 1. The lowest BCUT2D eigenvalue weighted by Crippen LogP contribution is -2.48. The molecule has 0 saturated carbocycles. The molecule has 0 radical (unpaired) electrons. The SMILES string of the molecule is CCNC(=O)[C@@H](C)NC(=O)CN(C)CC(=O)Nc1cc(Cl)ccc1OC. The summed E-state index contributed by atoms with van der Waals surface area (Å²) in [5.74, 6) is -0.440. The van der Waals surface area contributed by atoms with Crippen LogP contribution in [0.5, 0.6) is 5.75 Å². The van der Waals surface area contributed by atoms with E-state index in [9.17, 15) is 14.4 Å². The molecular formula is C17H25ClN4O4. The van der Waals surface area contributed by atoms with Crippen LogP contribution in [0, 0.1) is 0 Å². The molecular weight excluding hydrogens is 360 g/mol. The molecule has 1 rings (SSSR count). The smallest absolute Gasteiger partial charge is 0.242 e. The number of carbonyl (C=O) groups excluding carboxylic acids is 3. The Kier molecular flexibility index (Phi) is 8.87. The van der Waals surface area contributed by atoms with Gasteiger partial charge in [0.05, 0.1) is 25.9 Å². The van der Waals surface area contributed by atoms with E-state index in [2.05, 4.69) is 16.0 Å². The lowest BCUT2D eigenvalue weighted by molar-refractivity contribution is -0.129. The van der Waals surface area contributed by atoms with E-state index in [4.69, 9.17) is 16.3 Å². The summed E-state index contributed by atoms with van der Waals surface area (Å²) in [6, 6.07) is 4.25. The van der Waals surface area contributed by atoms with Crippen molar-refractivity contribution in [3.63, 3.8) is 0 Å². The molecule has 0 aliphatic rings. The summed E-state index contributed by atoms with van der Waals surface area (Å²) in [6.07, 6.45) is 0. The third-order valence-electron chi connectivity index (χ3n) is 3.38. The molecule has 0 heterocycles. The quantitative estimate of drug-likeness (QED) is 0.586. The number of ether oxygens (including phenoxy) is 1. The van der Waals surface area contributed by atoms with Crippen LogP contribution in [-0.2, 0) is 14.4 Å². The molecule has 0 unspecified atom stereocenters. The molecule has 144 valence electrons. The van der Waals surface area contributed by atoms with Gasteiger partial charge in [0.1, 0.15) is 11.8 Å². The number of rotatable bonds is 9. The molecule has 0 spiro atoms. The fourth-order valence-electron chi connectivity index (χ4n) is 2.19. The normalized spacial score (nSPS) is 11.6. The summed E-state index contributed by atoms with van der Waals surface area (Å²) < 4.78 is 5.17. The summed E-state index contributed by atoms with van der Waals surface area (Å²) in [6.45, 7) is 3.85. The number of likely N-dealkylation sites (N-methyl/N-ethyl adjacent to an activating group) is 2. The Balaban J connectivity index is 2.51. The van der Waals surface area contributed by atoms with Gasteiger partial charge in [-0.05, 0) is 39.1 Å². The van der Waals surface area contributed by atoms with E-state index in [0.29, 0.717) is 23.0 Å². The Morgan fingerprint density at radius 1 is 1.23 bits per heavy atom. The molecule has 0 aromatic heterocycles. The zero-order valence-corrected chi connectivity index (χ0v) is 16.1. The highest BCUT2D eigenvalue weighted by Gasteiger charge is 2.17. The van der Waals surface area contributed by atoms with Crippen LogP contribution in [0.3, 0.4) is 0 Å². The van der Waals surface area contributed by atoms with Crippen molar-refractivity contribution in [2.45, 2.75) is 19.9 Å². The van der Waals surface area contributed by atoms with Crippen molar-refractivity contribution in [1.82, 2.24) is 15.5 Å². The number of hydrogen-bond acceptors (Lipinski definition) is 5. The number of amides is 3. The van der Waals surface area contributed by atoms with E-state index in [0.717, 1.165) is 0 Å². The average molecular weight is 385 g/mol. The number of carbonyl (C=O) groups is 3. The lowest BCUT2D eigenvalue weighted by atomic mass is 10.3. The summed E-state index contributed by atoms with van der Waals surface area (Å²) in [5, 5.41) is 8.37. The summed E-state index contributed by atoms with van der Waals surface area (Å²) >= 11 is 5.93. The Bertz CT molecular complexity index is 654. The van der Waals surface area contributed by atoms with Gasteiger partial charge in [-0.3, -0.25) is 19.3 Å². The second kappa shape index (κ2) is 10.6. The molecule has 0 bridgehead atoms. The summed E-state index contributed by atoms with van der Waals surface area (Å²) in [4.78, 5) is 37.2. The van der Waals surface area contributed by atoms with Gasteiger partial charge in [-0.15, -0.1) is 0 Å². The standard InChI is InChI=1S/C17H25ClN4O4/c1-5-19-17(25)11(2)20-15(23)9-22(3)10-16(24)21-13-8-12(18)6-7-14(13)26-4/h6-8,11H,5,9-10H2,1-4H3,(H,19,25)(H,20,23)(H,21,24)/t11-/m1/s1. The van der Waals surface area contributed by atoms with Crippen LogP contribution in [0.25, 0.3) is 0 Å². The number of halogens is 1. The van der Waals surface area contributed by atoms with Crippen LogP contribution >= 0.6 is 11.6 Å². The Hall–Kier alpha value is -2.32. The molecule has 3 amide bonds. The van der Waals surface area contributed by atoms with Gasteiger partial charge >= 0.3 is 0 Å². The maximum atomic E-state index is 12.2. The van der Waals surface area contributed by atoms with Crippen LogP contribution in [0.15, 0.2) is 18.2 Å². The first-order valence-corrected chi connectivity index (χ1v) is 8.53. The van der Waals surface area contributed by atoms with E-state index < -0.39 is 6.04 Å². The van der Waals surface area contributed by atoms with Crippen molar-refractivity contribution in [3.8, 4) is 5.75 Å². The first kappa shape index (κ1) is 21.7. The number of methoxy groups -OCH3 is 1. The van der Waals surface area contributed by atoms with E-state index in [1.54, 1.807) is 39.1 Å². The van der Waals surface area contributed by atoms with E-state index >= 15 is 0 Å². The van der Waals surface area contributed by atoms with Crippen molar-refractivity contribution < 1.29 is 19.1 Å². The average Bonchev–Trinajstić information content (AvgIpc) is 2.54. The predicted molar refractivity (Wildman–Crippen MR) is 100 cm³/mol. The number of benzene rings is 1. The van der Waals surface area contributed by atoms with Gasteiger partial charge in [-0.1, -0.05) is 11.6 Å². The molecule has 3 N–H and O–H groups in total. The van der Waals surface area contributed by atoms with Crippen LogP contribution in [0.2, 0.25) is 5.02 Å². The molecule has 1 aromatic carbocycles. The van der Waals surface area contributed by atoms with Gasteiger partial charge in [0.25, 0.3) is 0 Å². The molecule has 1 atom stereocenters. The van der Waals surface area contributed by atoms with Gasteiger partial charge in [-0.2, -0.15) is 0 Å². The fourth-order valence-corrected chi connectivity index (χ4v) is 2.37. The second-order valence-electron chi connectivity index (χ2n) is 5.75. The van der Waals surface area contributed by atoms with Crippen molar-refractivity contribution in [3.05, 3.63) is 23.2 Å². The maximum absolute atomic E-state index is 12.2. The van der Waals surface area contributed by atoms with Crippen LogP contribution in [0.4, 0.5) is 5.69 Å². The molecule has 9 heteroatoms. The van der Waals surface area contributed by atoms with Gasteiger partial charge < -0.3 is 20.7 Å². The highest BCUT2D eigenvalue weighted by Crippen LogP contribution is 2.27. The third kappa shape index (κ3) is 7.28. The Labute approximate surface area is 158 Å². The topological polar surface area (TPSA) is 99.8 Å². The molecule has 0 saturated heterocycles. The van der Waals surface area contributed by atoms with Crippen LogP contribution < -0.4 is 20.7 Å². The summed E-state index contributed by atoms with van der Waals surface area (Å²) in [5.41, 5.74) is 0.452. The predicted octanol–water partition coefficient (Wildman–Crippen LogP) is 0.860. The third-order valence-corrected chi connectivity index (χ3v) is 3.62. The zero-order valence-electron chi connectivity index (χ0n) is 15.4. The molecule has 8 nitrogen and oxygen atoms in total. The highest BCUT2D eigenvalue weighted by molar-refractivity contribution is 6.31. The van der Waals surface area contributed by atoms with Gasteiger partial charge in [0.15, 0.2) is 0 Å². The minimum Gasteiger partial charge on any atom is -0.495 e. The van der Waals surface area contributed by atoms with Crippen LogP contribution in [0.1, 0.15) is 13.8 Å². The Morgan fingerprint density at radius 2 is 1.88 bits per heavy atom. The maximum Gasteiger partial charge on any atom is 0.242 e. The molecule has 1 aromatic rings. The highest BCUT2D eigenvalue weighted by atomic mass is 35.5. The minimum atomic E-state index is -0.639. The molecule has 0 aliphatic carbocycles. The fraction of sp³-hybridized carbons (Fsp3) is 0.471. The number of hydrogen-bond donors (Lipinski definition) is 3. The van der Waals surface area contributed by atoms with E-state index in [-0.39, 0.29) is 30.8 Å². The summed E-state index contributed by atoms with van der Waals surface area (Å²) in [7, 11) is 3.12. The van der Waals surface area contributed by atoms with Gasteiger partial charge in [0, 0.05) is 11.6 Å². The number of nitrogens with zero attached hydrogens (tertiary/aromatic N) is 1. The second-order valence-corrected chi connectivity index (χ2v) is 6.19. The van der Waals surface area contributed by atoms with Gasteiger partial charge in [0.2, 0.25) is 17.7 Å².